The maximum Gasteiger partial charge on any atom is 0.270 e. The molecule has 6 nitrogen and oxygen atoms in total. The van der Waals surface area contributed by atoms with E-state index in [2.05, 4.69) is 17.0 Å². The maximum absolute atomic E-state index is 10.8. The average Bonchev–Trinajstić information content (AvgIpc) is 2.81. The van der Waals surface area contributed by atoms with Crippen molar-refractivity contribution in [2.24, 2.45) is 5.92 Å². The third-order valence-electron chi connectivity index (χ3n) is 3.43. The van der Waals surface area contributed by atoms with Gasteiger partial charge in [-0.1, -0.05) is 19.1 Å². The van der Waals surface area contributed by atoms with Crippen LogP contribution in [0.2, 0.25) is 0 Å². The van der Waals surface area contributed by atoms with E-state index in [1.807, 2.05) is 4.68 Å². The first kappa shape index (κ1) is 11.8. The van der Waals surface area contributed by atoms with Gasteiger partial charge in [0.1, 0.15) is 5.82 Å². The Morgan fingerprint density at radius 2 is 2.32 bits per heavy atom. The van der Waals surface area contributed by atoms with Crippen molar-refractivity contribution in [2.45, 2.75) is 26.3 Å². The van der Waals surface area contributed by atoms with Crippen molar-refractivity contribution in [2.75, 3.05) is 0 Å². The van der Waals surface area contributed by atoms with Crippen LogP contribution in [0.4, 0.5) is 5.69 Å². The smallest absolute Gasteiger partial charge is 0.258 e. The molecule has 2 aromatic rings. The summed E-state index contributed by atoms with van der Waals surface area (Å²) in [5.74, 6) is 2.17. The first-order chi connectivity index (χ1) is 9.13. The molecule has 0 bridgehead atoms. The molecule has 3 rings (SSSR count). The molecular formula is C13H14N4O2. The minimum absolute atomic E-state index is 0.0682. The Morgan fingerprint density at radius 3 is 3.11 bits per heavy atom. The summed E-state index contributed by atoms with van der Waals surface area (Å²) in [6.45, 7) is 3.07. The van der Waals surface area contributed by atoms with Crippen LogP contribution in [-0.4, -0.2) is 19.7 Å². The fourth-order valence-corrected chi connectivity index (χ4v) is 2.34. The van der Waals surface area contributed by atoms with Crippen LogP contribution < -0.4 is 0 Å². The minimum atomic E-state index is -0.401. The Kier molecular flexibility index (Phi) is 2.77. The molecule has 6 heteroatoms. The van der Waals surface area contributed by atoms with Gasteiger partial charge in [-0.25, -0.2) is 9.67 Å². The van der Waals surface area contributed by atoms with Gasteiger partial charge in [-0.2, -0.15) is 5.10 Å². The summed E-state index contributed by atoms with van der Waals surface area (Å²) in [5.41, 5.74) is 0.766. The van der Waals surface area contributed by atoms with Gasteiger partial charge >= 0.3 is 0 Å². The molecule has 1 atom stereocenters. The molecule has 1 unspecified atom stereocenters. The molecule has 0 amide bonds. The molecule has 0 spiro atoms. The molecule has 19 heavy (non-hydrogen) atoms. The Hall–Kier alpha value is -2.24. The van der Waals surface area contributed by atoms with Gasteiger partial charge in [0.25, 0.3) is 5.69 Å². The van der Waals surface area contributed by atoms with Crippen molar-refractivity contribution in [3.63, 3.8) is 0 Å². The number of rotatable bonds is 2. The topological polar surface area (TPSA) is 73.8 Å². The van der Waals surface area contributed by atoms with E-state index < -0.39 is 4.92 Å². The molecule has 1 aromatic heterocycles. The molecular weight excluding hydrogens is 244 g/mol. The van der Waals surface area contributed by atoms with Crippen molar-refractivity contribution in [3.8, 4) is 11.4 Å². The highest BCUT2D eigenvalue weighted by molar-refractivity contribution is 5.58. The zero-order valence-corrected chi connectivity index (χ0v) is 10.6. The lowest BCUT2D eigenvalue weighted by Crippen LogP contribution is -2.18. The second kappa shape index (κ2) is 4.46. The summed E-state index contributed by atoms with van der Waals surface area (Å²) in [6, 6.07) is 6.46. The largest absolute Gasteiger partial charge is 0.270 e. The lowest BCUT2D eigenvalue weighted by atomic mass is 10.0. The molecule has 0 saturated heterocycles. The number of nitrogens with zero attached hydrogens (tertiary/aromatic N) is 4. The minimum Gasteiger partial charge on any atom is -0.258 e. The first-order valence-electron chi connectivity index (χ1n) is 6.32. The second-order valence-electron chi connectivity index (χ2n) is 4.98. The normalized spacial score (nSPS) is 18.1. The van der Waals surface area contributed by atoms with Crippen molar-refractivity contribution < 1.29 is 4.92 Å². The monoisotopic (exact) mass is 258 g/mol. The maximum atomic E-state index is 10.8. The van der Waals surface area contributed by atoms with Gasteiger partial charge < -0.3 is 0 Å². The summed E-state index contributed by atoms with van der Waals surface area (Å²) in [6.07, 6.45) is 2.02. The number of aromatic nitrogens is 3. The zero-order chi connectivity index (χ0) is 13.4. The molecule has 0 fully saturated rings. The summed E-state index contributed by atoms with van der Waals surface area (Å²) in [5, 5.41) is 15.2. The molecule has 0 N–H and O–H groups in total. The highest BCUT2D eigenvalue weighted by Gasteiger charge is 2.20. The van der Waals surface area contributed by atoms with Crippen molar-refractivity contribution in [1.82, 2.24) is 14.8 Å². The highest BCUT2D eigenvalue weighted by atomic mass is 16.6. The summed E-state index contributed by atoms with van der Waals surface area (Å²) in [4.78, 5) is 14.9. The van der Waals surface area contributed by atoms with E-state index in [4.69, 9.17) is 0 Å². The van der Waals surface area contributed by atoms with Gasteiger partial charge in [-0.15, -0.1) is 0 Å². The fraction of sp³-hybridized carbons (Fsp3) is 0.385. The van der Waals surface area contributed by atoms with E-state index >= 15 is 0 Å². The van der Waals surface area contributed by atoms with Crippen molar-refractivity contribution in [1.29, 1.82) is 0 Å². The van der Waals surface area contributed by atoms with Crippen molar-refractivity contribution in [3.05, 3.63) is 40.2 Å². The molecule has 1 aliphatic rings. The SMILES string of the molecule is CC1CCn2nc(-c3cccc([N+](=O)[O-])c3)nc2C1. The number of non-ortho nitro benzene ring substituents is 1. The molecule has 0 aliphatic carbocycles. The lowest BCUT2D eigenvalue weighted by Gasteiger charge is -2.17. The van der Waals surface area contributed by atoms with Crippen molar-refractivity contribution >= 4 is 5.69 Å². The highest BCUT2D eigenvalue weighted by Crippen LogP contribution is 2.24. The van der Waals surface area contributed by atoms with E-state index in [-0.39, 0.29) is 5.69 Å². The Labute approximate surface area is 110 Å². The summed E-state index contributed by atoms with van der Waals surface area (Å²) < 4.78 is 1.91. The van der Waals surface area contributed by atoms with E-state index in [0.29, 0.717) is 17.3 Å². The predicted octanol–water partition coefficient (Wildman–Crippen LogP) is 2.44. The Bertz CT molecular complexity index is 635. The molecule has 2 heterocycles. The van der Waals surface area contributed by atoms with Gasteiger partial charge in [0.15, 0.2) is 5.82 Å². The quantitative estimate of drug-likeness (QED) is 0.612. The Balaban J connectivity index is 1.99. The Morgan fingerprint density at radius 1 is 1.47 bits per heavy atom. The lowest BCUT2D eigenvalue weighted by molar-refractivity contribution is -0.384. The summed E-state index contributed by atoms with van der Waals surface area (Å²) in [7, 11) is 0. The van der Waals surface area contributed by atoms with Gasteiger partial charge in [0.05, 0.1) is 4.92 Å². The average molecular weight is 258 g/mol. The van der Waals surface area contributed by atoms with Crippen LogP contribution >= 0.6 is 0 Å². The molecule has 1 aromatic carbocycles. The van der Waals surface area contributed by atoms with E-state index in [0.717, 1.165) is 25.2 Å². The summed E-state index contributed by atoms with van der Waals surface area (Å²) >= 11 is 0. The number of hydrogen-bond donors (Lipinski definition) is 0. The van der Waals surface area contributed by atoms with Crippen LogP contribution in [0.5, 0.6) is 0 Å². The third-order valence-corrected chi connectivity index (χ3v) is 3.43. The molecule has 98 valence electrons. The van der Waals surface area contributed by atoms with Gasteiger partial charge in [-0.05, 0) is 12.3 Å². The van der Waals surface area contributed by atoms with Crippen LogP contribution in [0, 0.1) is 16.0 Å². The number of aryl methyl sites for hydroxylation is 1. The third kappa shape index (κ3) is 2.21. The second-order valence-corrected chi connectivity index (χ2v) is 4.98. The number of nitro benzene ring substituents is 1. The van der Waals surface area contributed by atoms with Crippen LogP contribution in [0.25, 0.3) is 11.4 Å². The van der Waals surface area contributed by atoms with Gasteiger partial charge in [0.2, 0.25) is 0 Å². The van der Waals surface area contributed by atoms with Crippen LogP contribution in [0.15, 0.2) is 24.3 Å². The van der Waals surface area contributed by atoms with Crippen LogP contribution in [0.1, 0.15) is 19.2 Å². The zero-order valence-electron chi connectivity index (χ0n) is 10.6. The van der Waals surface area contributed by atoms with Gasteiger partial charge in [-0.3, -0.25) is 10.1 Å². The number of benzene rings is 1. The standard InChI is InChI=1S/C13H14N4O2/c1-9-5-6-16-12(7-9)14-13(15-16)10-3-2-4-11(8-10)17(18)19/h2-4,8-9H,5-7H2,1H3. The molecule has 0 saturated carbocycles. The van der Waals surface area contributed by atoms with Gasteiger partial charge in [0, 0.05) is 30.7 Å². The predicted molar refractivity (Wildman–Crippen MR) is 69.6 cm³/mol. The van der Waals surface area contributed by atoms with E-state index in [1.165, 1.54) is 12.1 Å². The molecule has 1 aliphatic heterocycles. The molecule has 0 radical (unpaired) electrons. The first-order valence-corrected chi connectivity index (χ1v) is 6.32. The number of hydrogen-bond acceptors (Lipinski definition) is 4. The van der Waals surface area contributed by atoms with Crippen LogP contribution in [0.3, 0.4) is 0 Å². The van der Waals surface area contributed by atoms with E-state index in [9.17, 15) is 10.1 Å². The number of nitro groups is 1. The van der Waals surface area contributed by atoms with E-state index in [1.54, 1.807) is 12.1 Å². The number of fused-ring (bicyclic) bond motifs is 1. The fourth-order valence-electron chi connectivity index (χ4n) is 2.34. The van der Waals surface area contributed by atoms with Crippen LogP contribution in [-0.2, 0) is 13.0 Å².